The van der Waals surface area contributed by atoms with Gasteiger partial charge in [-0.2, -0.15) is 0 Å². The van der Waals surface area contributed by atoms with Crippen molar-refractivity contribution in [2.75, 3.05) is 14.2 Å². The molecule has 20 heteroatoms. The van der Waals surface area contributed by atoms with Crippen LogP contribution >= 0.6 is 0 Å². The third-order valence-corrected chi connectivity index (χ3v) is 11.3. The molecule has 8 aromatic rings. The van der Waals surface area contributed by atoms with E-state index in [1.165, 1.54) is 59.8 Å². The average Bonchev–Trinajstić information content (AvgIpc) is 4.07. The number of fused-ring (bicyclic) bond motifs is 2. The van der Waals surface area contributed by atoms with Gasteiger partial charge in [-0.3, -0.25) is 28.3 Å². The average molecular weight is 1000 g/mol. The molecule has 73 heavy (non-hydrogen) atoms. The molecule has 0 saturated heterocycles. The lowest BCUT2D eigenvalue weighted by Gasteiger charge is -2.19. The molecule has 0 aliphatic heterocycles. The number of ether oxygens (including phenoxy) is 3. The number of amides is 1. The van der Waals surface area contributed by atoms with Gasteiger partial charge in [-0.25, -0.2) is 23.5 Å². The van der Waals surface area contributed by atoms with E-state index in [0.717, 1.165) is 5.56 Å². The topological polar surface area (TPSA) is 239 Å². The van der Waals surface area contributed by atoms with Crippen LogP contribution in [0.2, 0.25) is 0 Å². The summed E-state index contributed by atoms with van der Waals surface area (Å²) in [6, 6.07) is 25.1. The van der Waals surface area contributed by atoms with Crippen molar-refractivity contribution < 1.29 is 46.4 Å². The number of carbonyl (C=O) groups is 3. The van der Waals surface area contributed by atoms with E-state index in [1.54, 1.807) is 81.4 Å². The number of unbranched alkanes of at least 4 members (excludes halogenated alkanes) is 2. The van der Waals surface area contributed by atoms with Gasteiger partial charge in [0.25, 0.3) is 11.1 Å². The van der Waals surface area contributed by atoms with Crippen molar-refractivity contribution in [3.63, 3.8) is 0 Å². The molecule has 0 aliphatic carbocycles. The quantitative estimate of drug-likeness (QED) is 0.0493. The summed E-state index contributed by atoms with van der Waals surface area (Å²) in [4.78, 5) is 71.4. The number of rotatable bonds is 17. The Bertz CT molecular complexity index is 3360. The summed E-state index contributed by atoms with van der Waals surface area (Å²) in [6.45, 7) is 5.64. The zero-order chi connectivity index (χ0) is 52.2. The molecule has 0 spiro atoms. The van der Waals surface area contributed by atoms with Crippen LogP contribution < -0.4 is 22.2 Å². The lowest BCUT2D eigenvalue weighted by molar-refractivity contribution is -0.141. The van der Waals surface area contributed by atoms with E-state index < -0.39 is 23.3 Å². The van der Waals surface area contributed by atoms with E-state index >= 15 is 0 Å². The second-order valence-electron chi connectivity index (χ2n) is 17.7. The van der Waals surface area contributed by atoms with Crippen LogP contribution in [0.25, 0.3) is 55.7 Å². The van der Waals surface area contributed by atoms with Crippen molar-refractivity contribution in [1.29, 1.82) is 0 Å². The maximum atomic E-state index is 13.6. The van der Waals surface area contributed by atoms with Crippen molar-refractivity contribution in [2.45, 2.75) is 90.8 Å². The van der Waals surface area contributed by atoms with Gasteiger partial charge < -0.3 is 34.3 Å². The summed E-state index contributed by atoms with van der Waals surface area (Å²) in [5.41, 5.74) is 8.92. The third kappa shape index (κ3) is 13.5. The lowest BCUT2D eigenvalue weighted by Crippen LogP contribution is -2.32. The summed E-state index contributed by atoms with van der Waals surface area (Å²) in [6.07, 6.45) is 3.18. The van der Waals surface area contributed by atoms with Crippen LogP contribution in [0, 0.1) is 11.6 Å². The highest BCUT2D eigenvalue weighted by molar-refractivity contribution is 5.84. The molecule has 380 valence electrons. The molecule has 4 aromatic heterocycles. The number of alkyl carbamates (subject to hydrolysis) is 1. The highest BCUT2D eigenvalue weighted by Crippen LogP contribution is 2.26. The predicted molar refractivity (Wildman–Crippen MR) is 266 cm³/mol. The number of hydrogen-bond donors (Lipinski definition) is 2. The zero-order valence-corrected chi connectivity index (χ0v) is 40.9. The Morgan fingerprint density at radius 2 is 1.07 bits per heavy atom. The van der Waals surface area contributed by atoms with E-state index in [-0.39, 0.29) is 49.0 Å². The number of nitrogens with two attached hydrogens (primary N) is 1. The second kappa shape index (κ2) is 23.7. The van der Waals surface area contributed by atoms with Crippen LogP contribution in [0.5, 0.6) is 0 Å². The van der Waals surface area contributed by atoms with Crippen LogP contribution in [0.3, 0.4) is 0 Å². The molecule has 0 atom stereocenters. The normalized spacial score (nSPS) is 11.3. The van der Waals surface area contributed by atoms with E-state index in [4.69, 9.17) is 34.2 Å². The minimum Gasteiger partial charge on any atom is -0.469 e. The van der Waals surface area contributed by atoms with E-state index in [2.05, 4.69) is 20.4 Å². The van der Waals surface area contributed by atoms with Crippen molar-refractivity contribution in [1.82, 2.24) is 34.7 Å². The maximum Gasteiger partial charge on any atom is 0.408 e. The van der Waals surface area contributed by atoms with Gasteiger partial charge in [0.05, 0.1) is 60.5 Å². The monoisotopic (exact) mass is 1000 g/mol. The minimum absolute atomic E-state index is 0.0891. The lowest BCUT2D eigenvalue weighted by atomic mass is 10.1. The molecular formula is C53H54F2N8O10. The summed E-state index contributed by atoms with van der Waals surface area (Å²) in [5.74, 6) is 0.574. The predicted octanol–water partition coefficient (Wildman–Crippen LogP) is 8.61. The third-order valence-electron chi connectivity index (χ3n) is 11.3. The Labute approximate surface area is 417 Å². The number of hydrogen-bond acceptors (Lipinski definition) is 15. The smallest absolute Gasteiger partial charge is 0.408 e. The van der Waals surface area contributed by atoms with Gasteiger partial charge in [0.15, 0.2) is 11.5 Å². The van der Waals surface area contributed by atoms with E-state index in [1.807, 2.05) is 0 Å². The molecule has 0 aliphatic rings. The number of benzene rings is 4. The first-order chi connectivity index (χ1) is 35.0. The van der Waals surface area contributed by atoms with Gasteiger partial charge >= 0.3 is 18.0 Å². The van der Waals surface area contributed by atoms with Crippen molar-refractivity contribution in [3.05, 3.63) is 153 Å². The van der Waals surface area contributed by atoms with E-state index in [0.29, 0.717) is 112 Å². The Balaban J connectivity index is 0.000000218. The Morgan fingerprint density at radius 1 is 0.630 bits per heavy atom. The molecule has 0 bridgehead atoms. The van der Waals surface area contributed by atoms with Gasteiger partial charge in [-0.05, 0) is 119 Å². The fourth-order valence-electron chi connectivity index (χ4n) is 7.69. The van der Waals surface area contributed by atoms with Gasteiger partial charge in [0.2, 0.25) is 0 Å². The Kier molecular flexibility index (Phi) is 17.0. The highest BCUT2D eigenvalue weighted by Gasteiger charge is 2.20. The number of methoxy groups -OCH3 is 2. The number of aryl methyl sites for hydroxylation is 2. The number of halogens is 2. The SMILES string of the molecule is COC(=O)CCCCc1nc2cc(-c3cc(CN)on3)ccc2c(=O)n1-c1ccc(F)cc1.COC(=O)CCCCc1nc2cc(-c3cc(CNC(=O)OC(C)(C)C)on3)ccc2c(=O)n1-c1ccc(F)cc1. The highest BCUT2D eigenvalue weighted by atomic mass is 19.1. The van der Waals surface area contributed by atoms with Crippen molar-refractivity contribution in [2.24, 2.45) is 5.73 Å². The van der Waals surface area contributed by atoms with Gasteiger partial charge in [0, 0.05) is 48.9 Å². The standard InChI is InChI=1S/C29H31FN4O6.C24H23FN4O4/c1-29(2,3)39-28(37)31-17-21-16-23(33-40-21)18-9-14-22-24(15-18)32-25(7-5-6-8-26(35)38-4)34(27(22)36)20-12-10-19(30)11-13-20;1-32-23(30)5-3-2-4-22-27-21-12-15(20-13-18(14-26)33-28-20)6-11-19(21)24(31)29(22)17-9-7-16(25)8-10-17/h9-16H,5-8,17H2,1-4H3,(H,31,37);6-13H,2-5,14,26H2,1H3. The first-order valence-electron chi connectivity index (χ1n) is 23.4. The summed E-state index contributed by atoms with van der Waals surface area (Å²) in [5, 5.41) is 11.5. The van der Waals surface area contributed by atoms with Crippen LogP contribution in [0.4, 0.5) is 13.6 Å². The maximum absolute atomic E-state index is 13.6. The molecule has 8 rings (SSSR count). The fraction of sp³-hybridized carbons (Fsp3) is 0.302. The molecule has 4 heterocycles. The Hall–Kier alpha value is -8.39. The fourth-order valence-corrected chi connectivity index (χ4v) is 7.69. The summed E-state index contributed by atoms with van der Waals surface area (Å²) < 4.78 is 55.2. The summed E-state index contributed by atoms with van der Waals surface area (Å²) >= 11 is 0. The minimum atomic E-state index is -0.621. The number of esters is 2. The largest absolute Gasteiger partial charge is 0.469 e. The number of nitrogens with one attached hydrogen (secondary N) is 1. The van der Waals surface area contributed by atoms with Crippen molar-refractivity contribution in [3.8, 4) is 33.9 Å². The number of nitrogens with zero attached hydrogens (tertiary/aromatic N) is 6. The molecule has 18 nitrogen and oxygen atoms in total. The molecule has 0 fully saturated rings. The molecule has 1 amide bonds. The molecular weight excluding hydrogens is 947 g/mol. The molecule has 0 radical (unpaired) electrons. The molecule has 4 aromatic carbocycles. The molecule has 3 N–H and O–H groups in total. The van der Waals surface area contributed by atoms with Crippen molar-refractivity contribution >= 4 is 39.8 Å². The Morgan fingerprint density at radius 3 is 1.48 bits per heavy atom. The molecule has 0 unspecified atom stereocenters. The van der Waals surface area contributed by atoms with E-state index in [9.17, 15) is 32.8 Å². The zero-order valence-electron chi connectivity index (χ0n) is 40.9. The first-order valence-corrected chi connectivity index (χ1v) is 23.4. The summed E-state index contributed by atoms with van der Waals surface area (Å²) in [7, 11) is 2.69. The van der Waals surface area contributed by atoms with Gasteiger partial charge in [-0.15, -0.1) is 0 Å². The number of carbonyl (C=O) groups excluding carboxylic acids is 3. The first kappa shape index (κ1) is 52.4. The van der Waals surface area contributed by atoms with Crippen LogP contribution in [0.15, 0.2) is 116 Å². The van der Waals surface area contributed by atoms with Crippen LogP contribution in [-0.4, -0.2) is 67.3 Å². The van der Waals surface area contributed by atoms with Crippen LogP contribution in [-0.2, 0) is 49.7 Å². The van der Waals surface area contributed by atoms with Gasteiger partial charge in [0.1, 0.15) is 40.3 Å². The number of aromatic nitrogens is 6. The second-order valence-corrected chi connectivity index (χ2v) is 17.7. The van der Waals surface area contributed by atoms with Gasteiger partial charge in [-0.1, -0.05) is 22.4 Å². The van der Waals surface area contributed by atoms with Crippen LogP contribution in [0.1, 0.15) is 82.5 Å². The molecule has 0 saturated carbocycles.